The number of hydrogen-bond donors (Lipinski definition) is 2. The van der Waals surface area contributed by atoms with Crippen molar-refractivity contribution >= 4 is 22.5 Å². The molecular weight excluding hydrogens is 456 g/mol. The zero-order valence-corrected chi connectivity index (χ0v) is 21.0. The van der Waals surface area contributed by atoms with Gasteiger partial charge in [0.05, 0.1) is 27.7 Å². The fourth-order valence-electron chi connectivity index (χ4n) is 5.00. The van der Waals surface area contributed by atoms with Crippen LogP contribution in [0.2, 0.25) is 0 Å². The van der Waals surface area contributed by atoms with E-state index < -0.39 is 0 Å². The number of nitriles is 1. The molecule has 1 spiro atoms. The zero-order valence-electron chi connectivity index (χ0n) is 20.2. The number of carbonyl (C=O) groups is 1. The second-order valence-electron chi connectivity index (χ2n) is 9.27. The molecule has 2 fully saturated rings. The van der Waals surface area contributed by atoms with Crippen molar-refractivity contribution in [2.24, 2.45) is 0 Å². The van der Waals surface area contributed by atoms with Crippen molar-refractivity contribution in [1.29, 1.82) is 5.26 Å². The van der Waals surface area contributed by atoms with Crippen LogP contribution in [0.3, 0.4) is 0 Å². The molecule has 5 rings (SSSR count). The first kappa shape index (κ1) is 23.5. The van der Waals surface area contributed by atoms with Gasteiger partial charge in [-0.2, -0.15) is 5.26 Å². The Bertz CT molecular complexity index is 1270. The molecule has 2 N–H and O–H groups in total. The van der Waals surface area contributed by atoms with E-state index in [0.29, 0.717) is 17.2 Å². The lowest BCUT2D eigenvalue weighted by Crippen LogP contribution is -2.66. The zero-order chi connectivity index (χ0) is 24.4. The minimum absolute atomic E-state index is 0.0659. The van der Waals surface area contributed by atoms with Crippen molar-refractivity contribution in [3.05, 3.63) is 53.3 Å². The lowest BCUT2D eigenvalue weighted by atomic mass is 9.74. The van der Waals surface area contributed by atoms with Crippen LogP contribution in [0.1, 0.15) is 50.1 Å². The smallest absolute Gasteiger partial charge is 0.316 e. The van der Waals surface area contributed by atoms with Gasteiger partial charge in [-0.1, -0.05) is 37.3 Å². The average molecular weight is 487 g/mol. The van der Waals surface area contributed by atoms with Crippen LogP contribution < -0.4 is 10.6 Å². The van der Waals surface area contributed by atoms with Gasteiger partial charge in [-0.3, -0.25) is 10.3 Å². The summed E-state index contributed by atoms with van der Waals surface area (Å²) in [5, 5.41) is 16.6. The van der Waals surface area contributed by atoms with E-state index in [9.17, 15) is 10.1 Å². The Kier molecular flexibility index (Phi) is 6.54. The predicted octanol–water partition coefficient (Wildman–Crippen LogP) is 5.23. The van der Waals surface area contributed by atoms with E-state index in [0.717, 1.165) is 78.3 Å². The van der Waals surface area contributed by atoms with Crippen molar-refractivity contribution < 1.29 is 4.79 Å². The largest absolute Gasteiger partial charge is 0.324 e. The number of pyridine rings is 1. The molecule has 180 valence electrons. The summed E-state index contributed by atoms with van der Waals surface area (Å²) in [7, 11) is 0. The highest BCUT2D eigenvalue weighted by atomic mass is 32.1. The third-order valence-corrected chi connectivity index (χ3v) is 8.11. The Labute approximate surface area is 210 Å². The Morgan fingerprint density at radius 3 is 2.60 bits per heavy atom. The normalized spacial score (nSPS) is 16.5. The number of nitrogens with zero attached hydrogens (tertiary/aromatic N) is 4. The summed E-state index contributed by atoms with van der Waals surface area (Å²) in [6, 6.07) is 13.8. The lowest BCUT2D eigenvalue weighted by molar-refractivity contribution is 0.0322. The Morgan fingerprint density at radius 1 is 1.17 bits per heavy atom. The van der Waals surface area contributed by atoms with Crippen LogP contribution in [0.25, 0.3) is 21.7 Å². The maximum atomic E-state index is 13.4. The molecule has 1 aliphatic carbocycles. The molecule has 35 heavy (non-hydrogen) atoms. The maximum absolute atomic E-state index is 13.4. The quantitative estimate of drug-likeness (QED) is 0.515. The first-order valence-corrected chi connectivity index (χ1v) is 13.2. The molecule has 0 atom stereocenters. The third-order valence-electron chi connectivity index (χ3n) is 7.09. The molecule has 0 unspecified atom stereocenters. The summed E-state index contributed by atoms with van der Waals surface area (Å²) in [6.45, 7) is 6.56. The van der Waals surface area contributed by atoms with E-state index in [1.165, 1.54) is 11.3 Å². The van der Waals surface area contributed by atoms with Crippen LogP contribution in [-0.4, -0.2) is 46.1 Å². The SMILES string of the molecule is CCc1cc(-c2sc(NC(=O)N3CCNCC34CCC4)nc2-c2cccc(C#N)c2)cc(CC)n1. The molecule has 3 aromatic rings. The van der Waals surface area contributed by atoms with Gasteiger partial charge in [0.15, 0.2) is 5.13 Å². The number of anilines is 1. The summed E-state index contributed by atoms with van der Waals surface area (Å²) >= 11 is 1.48. The van der Waals surface area contributed by atoms with Crippen LogP contribution in [0.15, 0.2) is 36.4 Å². The number of amides is 2. The topological polar surface area (TPSA) is 93.9 Å². The number of aryl methyl sites for hydroxylation is 2. The number of rotatable bonds is 5. The Hall–Kier alpha value is -3.28. The highest BCUT2D eigenvalue weighted by molar-refractivity contribution is 7.19. The molecule has 1 aliphatic heterocycles. The first-order valence-electron chi connectivity index (χ1n) is 12.4. The van der Waals surface area contributed by atoms with Gasteiger partial charge in [-0.05, 0) is 61.9 Å². The van der Waals surface area contributed by atoms with E-state index >= 15 is 0 Å². The number of carbonyl (C=O) groups excluding carboxylic acids is 1. The van der Waals surface area contributed by atoms with Gasteiger partial charge in [0.25, 0.3) is 0 Å². The second-order valence-corrected chi connectivity index (χ2v) is 10.3. The Balaban J connectivity index is 1.54. The summed E-state index contributed by atoms with van der Waals surface area (Å²) < 4.78 is 0. The van der Waals surface area contributed by atoms with Crippen LogP contribution in [0.4, 0.5) is 9.93 Å². The predicted molar refractivity (Wildman–Crippen MR) is 139 cm³/mol. The number of aromatic nitrogens is 2. The Morgan fingerprint density at radius 2 is 1.94 bits per heavy atom. The van der Waals surface area contributed by atoms with Crippen molar-refractivity contribution in [3.8, 4) is 27.8 Å². The molecular formula is C27H30N6OS. The molecule has 0 bridgehead atoms. The molecule has 2 aromatic heterocycles. The molecule has 8 heteroatoms. The van der Waals surface area contributed by atoms with E-state index in [4.69, 9.17) is 9.97 Å². The van der Waals surface area contributed by atoms with E-state index in [1.54, 1.807) is 6.07 Å². The molecule has 3 heterocycles. The van der Waals surface area contributed by atoms with E-state index in [2.05, 4.69) is 42.7 Å². The number of benzene rings is 1. The fourth-order valence-corrected chi connectivity index (χ4v) is 5.96. The number of piperazine rings is 1. The van der Waals surface area contributed by atoms with Gasteiger partial charge >= 0.3 is 6.03 Å². The van der Waals surface area contributed by atoms with Crippen LogP contribution in [0.5, 0.6) is 0 Å². The van der Waals surface area contributed by atoms with Crippen molar-refractivity contribution in [3.63, 3.8) is 0 Å². The van der Waals surface area contributed by atoms with Gasteiger partial charge in [0.1, 0.15) is 0 Å². The van der Waals surface area contributed by atoms with Crippen molar-refractivity contribution in [1.82, 2.24) is 20.2 Å². The van der Waals surface area contributed by atoms with Gasteiger partial charge in [0.2, 0.25) is 0 Å². The van der Waals surface area contributed by atoms with Gasteiger partial charge < -0.3 is 10.2 Å². The summed E-state index contributed by atoms with van der Waals surface area (Å²) in [5.74, 6) is 0. The van der Waals surface area contributed by atoms with Crippen LogP contribution in [0, 0.1) is 11.3 Å². The van der Waals surface area contributed by atoms with E-state index in [-0.39, 0.29) is 11.6 Å². The van der Waals surface area contributed by atoms with Crippen molar-refractivity contribution in [2.45, 2.75) is 51.5 Å². The molecule has 1 saturated carbocycles. The highest BCUT2D eigenvalue weighted by Crippen LogP contribution is 2.41. The maximum Gasteiger partial charge on any atom is 0.324 e. The number of urea groups is 1. The third kappa shape index (κ3) is 4.54. The number of nitrogens with one attached hydrogen (secondary N) is 2. The minimum Gasteiger partial charge on any atom is -0.316 e. The molecule has 0 radical (unpaired) electrons. The molecule has 7 nitrogen and oxygen atoms in total. The first-order chi connectivity index (χ1) is 17.0. The summed E-state index contributed by atoms with van der Waals surface area (Å²) in [4.78, 5) is 26.0. The van der Waals surface area contributed by atoms with Crippen LogP contribution in [-0.2, 0) is 12.8 Å². The lowest BCUT2D eigenvalue weighted by Gasteiger charge is -2.52. The fraction of sp³-hybridized carbons (Fsp3) is 0.407. The van der Waals surface area contributed by atoms with Gasteiger partial charge in [0, 0.05) is 36.6 Å². The summed E-state index contributed by atoms with van der Waals surface area (Å²) in [5.41, 5.74) is 5.26. The highest BCUT2D eigenvalue weighted by Gasteiger charge is 2.46. The number of hydrogen-bond acceptors (Lipinski definition) is 6. The number of thiazole rings is 1. The van der Waals surface area contributed by atoms with E-state index in [1.807, 2.05) is 23.1 Å². The van der Waals surface area contributed by atoms with Gasteiger partial charge in [-0.25, -0.2) is 9.78 Å². The standard InChI is InChI=1S/C27H30N6OS/c1-3-21-14-20(15-22(4-2)30-21)24-23(19-8-5-7-18(13-19)16-28)31-25(35-24)32-26(34)33-12-11-29-17-27(33)9-6-10-27/h5,7-8,13-15,29H,3-4,6,9-12,17H2,1-2H3,(H,31,32,34). The minimum atomic E-state index is -0.0814. The second kappa shape index (κ2) is 9.76. The monoisotopic (exact) mass is 486 g/mol. The molecule has 1 saturated heterocycles. The van der Waals surface area contributed by atoms with Crippen molar-refractivity contribution in [2.75, 3.05) is 25.0 Å². The average Bonchev–Trinajstić information content (AvgIpc) is 3.31. The van der Waals surface area contributed by atoms with Crippen LogP contribution >= 0.6 is 11.3 Å². The molecule has 2 amide bonds. The molecule has 2 aliphatic rings. The summed E-state index contributed by atoms with van der Waals surface area (Å²) in [6.07, 6.45) is 4.92. The van der Waals surface area contributed by atoms with Gasteiger partial charge in [-0.15, -0.1) is 0 Å². The molecule has 1 aromatic carbocycles.